The van der Waals surface area contributed by atoms with E-state index in [1.165, 1.54) is 12.1 Å². The van der Waals surface area contributed by atoms with Crippen molar-refractivity contribution < 1.29 is 38.1 Å². The van der Waals surface area contributed by atoms with Crippen molar-refractivity contribution in [2.24, 2.45) is 0 Å². The molecule has 0 unspecified atom stereocenters. The highest BCUT2D eigenvalue weighted by atomic mass is 16.5. The fraction of sp³-hybridized carbons (Fsp3) is 0.643. The molecule has 0 fully saturated rings. The van der Waals surface area contributed by atoms with Crippen LogP contribution in [0, 0.1) is 0 Å². The molecule has 0 aromatic heterocycles. The zero-order chi connectivity index (χ0) is 26.4. The average Bonchev–Trinajstić information content (AvgIpc) is 2.88. The molecule has 0 aliphatic rings. The molecule has 0 heterocycles. The number of hydrogen-bond acceptors (Lipinski definition) is 8. The van der Waals surface area contributed by atoms with Crippen LogP contribution in [-0.2, 0) is 28.5 Å². The van der Waals surface area contributed by atoms with Crippen LogP contribution in [0.25, 0.3) is 0 Å². The van der Waals surface area contributed by atoms with Gasteiger partial charge in [-0.1, -0.05) is 38.8 Å². The molecule has 0 radical (unpaired) electrons. The Morgan fingerprint density at radius 1 is 0.528 bits per heavy atom. The van der Waals surface area contributed by atoms with E-state index >= 15 is 0 Å². The maximum Gasteiger partial charge on any atom is 0.339 e. The van der Waals surface area contributed by atoms with Crippen LogP contribution < -0.4 is 0 Å². The summed E-state index contributed by atoms with van der Waals surface area (Å²) in [4.78, 5) is 48.1. The zero-order valence-electron chi connectivity index (χ0n) is 21.9. The quantitative estimate of drug-likeness (QED) is 0.124. The predicted octanol–water partition coefficient (Wildman–Crippen LogP) is 5.81. The maximum absolute atomic E-state index is 12.5. The van der Waals surface area contributed by atoms with Gasteiger partial charge in [0.2, 0.25) is 0 Å². The number of unbranched alkanes of at least 4 members (excludes halogenated alkanes) is 6. The zero-order valence-corrected chi connectivity index (χ0v) is 21.9. The first-order valence-electron chi connectivity index (χ1n) is 13.2. The van der Waals surface area contributed by atoms with E-state index in [0.29, 0.717) is 51.7 Å². The lowest BCUT2D eigenvalue weighted by molar-refractivity contribution is -0.144. The molecule has 0 saturated heterocycles. The number of ether oxygens (including phenoxy) is 4. The minimum atomic E-state index is -0.580. The molecule has 36 heavy (non-hydrogen) atoms. The van der Waals surface area contributed by atoms with Crippen molar-refractivity contribution in [3.63, 3.8) is 0 Å². The van der Waals surface area contributed by atoms with E-state index in [2.05, 4.69) is 0 Å². The standard InChI is InChI=1S/C28H42O8/c1-3-5-19-33-25(29)17-9-7-13-21-35-27(31)23-15-11-12-16-24(23)28(32)36-22-14-8-10-18-26(30)34-20-6-4-2/h11-12,15-16H,3-10,13-14,17-22H2,1-2H3. The van der Waals surface area contributed by atoms with Crippen molar-refractivity contribution in [2.45, 2.75) is 90.9 Å². The molecule has 1 rings (SSSR count). The van der Waals surface area contributed by atoms with Crippen LogP contribution in [0.1, 0.15) is 112 Å². The second kappa shape index (κ2) is 20.3. The molecule has 0 aliphatic carbocycles. The predicted molar refractivity (Wildman–Crippen MR) is 136 cm³/mol. The molecule has 1 aromatic rings. The Bertz CT molecular complexity index is 725. The van der Waals surface area contributed by atoms with Gasteiger partial charge >= 0.3 is 23.9 Å². The monoisotopic (exact) mass is 506 g/mol. The van der Waals surface area contributed by atoms with E-state index in [1.807, 2.05) is 13.8 Å². The first-order chi connectivity index (χ1) is 17.5. The SMILES string of the molecule is CCCCOC(=O)CCCCCOC(=O)c1ccccc1C(=O)OCCCCCC(=O)OCCCC. The largest absolute Gasteiger partial charge is 0.466 e. The fourth-order valence-corrected chi connectivity index (χ4v) is 3.23. The van der Waals surface area contributed by atoms with Gasteiger partial charge in [0.1, 0.15) is 0 Å². The molecular formula is C28H42O8. The van der Waals surface area contributed by atoms with Crippen LogP contribution in [0.5, 0.6) is 0 Å². The van der Waals surface area contributed by atoms with Crippen LogP contribution in [0.2, 0.25) is 0 Å². The third-order valence-corrected chi connectivity index (χ3v) is 5.41. The number of carbonyl (C=O) groups is 4. The van der Waals surface area contributed by atoms with Crippen LogP contribution in [0.3, 0.4) is 0 Å². The Morgan fingerprint density at radius 2 is 0.917 bits per heavy atom. The maximum atomic E-state index is 12.5. The second-order valence-corrected chi connectivity index (χ2v) is 8.59. The van der Waals surface area contributed by atoms with E-state index in [4.69, 9.17) is 18.9 Å². The van der Waals surface area contributed by atoms with Gasteiger partial charge in [-0.15, -0.1) is 0 Å². The summed E-state index contributed by atoms with van der Waals surface area (Å²) in [5, 5.41) is 0. The van der Waals surface area contributed by atoms with Crippen molar-refractivity contribution >= 4 is 23.9 Å². The molecule has 0 aliphatic heterocycles. The van der Waals surface area contributed by atoms with Gasteiger partial charge in [-0.3, -0.25) is 9.59 Å². The summed E-state index contributed by atoms with van der Waals surface area (Å²) in [6, 6.07) is 6.40. The minimum absolute atomic E-state index is 0.164. The second-order valence-electron chi connectivity index (χ2n) is 8.59. The van der Waals surface area contributed by atoms with Crippen LogP contribution in [0.4, 0.5) is 0 Å². The average molecular weight is 507 g/mol. The van der Waals surface area contributed by atoms with E-state index in [-0.39, 0.29) is 36.3 Å². The Hall–Kier alpha value is -2.90. The van der Waals surface area contributed by atoms with Crippen molar-refractivity contribution in [3.05, 3.63) is 35.4 Å². The van der Waals surface area contributed by atoms with E-state index < -0.39 is 11.9 Å². The Kier molecular flexibility index (Phi) is 17.6. The van der Waals surface area contributed by atoms with Gasteiger partial charge in [0.15, 0.2) is 0 Å². The lowest BCUT2D eigenvalue weighted by Gasteiger charge is -2.10. The fourth-order valence-electron chi connectivity index (χ4n) is 3.23. The summed E-state index contributed by atoms with van der Waals surface area (Å²) in [5.41, 5.74) is 0.327. The normalized spacial score (nSPS) is 10.5. The van der Waals surface area contributed by atoms with Crippen LogP contribution >= 0.6 is 0 Å². The van der Waals surface area contributed by atoms with Gasteiger partial charge in [-0.2, -0.15) is 0 Å². The van der Waals surface area contributed by atoms with Gasteiger partial charge in [0.25, 0.3) is 0 Å². The molecule has 0 spiro atoms. The highest BCUT2D eigenvalue weighted by Crippen LogP contribution is 2.13. The van der Waals surface area contributed by atoms with E-state index in [9.17, 15) is 19.2 Å². The first kappa shape index (κ1) is 31.1. The minimum Gasteiger partial charge on any atom is -0.466 e. The van der Waals surface area contributed by atoms with Crippen molar-refractivity contribution in [3.8, 4) is 0 Å². The molecule has 0 bridgehead atoms. The smallest absolute Gasteiger partial charge is 0.339 e. The topological polar surface area (TPSA) is 105 Å². The molecule has 1 aromatic carbocycles. The molecule has 202 valence electrons. The lowest BCUT2D eigenvalue weighted by Crippen LogP contribution is -2.15. The van der Waals surface area contributed by atoms with E-state index in [1.54, 1.807) is 12.1 Å². The molecule has 0 amide bonds. The van der Waals surface area contributed by atoms with Crippen LogP contribution in [-0.4, -0.2) is 50.3 Å². The van der Waals surface area contributed by atoms with Crippen LogP contribution in [0.15, 0.2) is 24.3 Å². The molecule has 8 heteroatoms. The molecule has 0 saturated carbocycles. The highest BCUT2D eigenvalue weighted by molar-refractivity contribution is 6.03. The highest BCUT2D eigenvalue weighted by Gasteiger charge is 2.19. The number of rotatable bonds is 20. The Balaban J connectivity index is 2.27. The lowest BCUT2D eigenvalue weighted by atomic mass is 10.1. The number of hydrogen-bond donors (Lipinski definition) is 0. The summed E-state index contributed by atoms with van der Waals surface area (Å²) >= 11 is 0. The van der Waals surface area contributed by atoms with Crippen molar-refractivity contribution in [1.82, 2.24) is 0 Å². The summed E-state index contributed by atoms with van der Waals surface area (Å²) < 4.78 is 20.8. The third-order valence-electron chi connectivity index (χ3n) is 5.41. The number of carbonyl (C=O) groups excluding carboxylic acids is 4. The van der Waals surface area contributed by atoms with Gasteiger partial charge in [0.05, 0.1) is 37.6 Å². The van der Waals surface area contributed by atoms with Gasteiger partial charge in [0, 0.05) is 12.8 Å². The molecular weight excluding hydrogens is 464 g/mol. The van der Waals surface area contributed by atoms with E-state index in [0.717, 1.165) is 38.5 Å². The Morgan fingerprint density at radius 3 is 1.31 bits per heavy atom. The third kappa shape index (κ3) is 14.5. The molecule has 0 N–H and O–H groups in total. The summed E-state index contributed by atoms with van der Waals surface area (Å²) in [5.74, 6) is -1.55. The number of esters is 4. The van der Waals surface area contributed by atoms with Gasteiger partial charge in [-0.05, 0) is 63.5 Å². The van der Waals surface area contributed by atoms with Crippen molar-refractivity contribution in [2.75, 3.05) is 26.4 Å². The first-order valence-corrected chi connectivity index (χ1v) is 13.2. The van der Waals surface area contributed by atoms with Gasteiger partial charge < -0.3 is 18.9 Å². The summed E-state index contributed by atoms with van der Waals surface area (Å²) in [7, 11) is 0. The van der Waals surface area contributed by atoms with Gasteiger partial charge in [-0.25, -0.2) is 9.59 Å². The summed E-state index contributed by atoms with van der Waals surface area (Å²) in [6.07, 6.45) is 8.46. The molecule has 0 atom stereocenters. The Labute approximate surface area is 215 Å². The number of benzene rings is 1. The molecule has 8 nitrogen and oxygen atoms in total. The van der Waals surface area contributed by atoms with Crippen molar-refractivity contribution in [1.29, 1.82) is 0 Å². The summed E-state index contributed by atoms with van der Waals surface area (Å²) in [6.45, 7) is 5.41.